The Balaban J connectivity index is 1.78. The van der Waals surface area contributed by atoms with Gasteiger partial charge in [0.05, 0.1) is 17.0 Å². The molecule has 1 unspecified atom stereocenters. The number of sulfonamides is 1. The predicted octanol–water partition coefficient (Wildman–Crippen LogP) is 0.835. The van der Waals surface area contributed by atoms with Gasteiger partial charge in [-0.2, -0.15) is 4.72 Å². The summed E-state index contributed by atoms with van der Waals surface area (Å²) in [6, 6.07) is 10.4. The van der Waals surface area contributed by atoms with Gasteiger partial charge in [-0.25, -0.2) is 8.42 Å². The van der Waals surface area contributed by atoms with Gasteiger partial charge in [0.25, 0.3) is 5.91 Å². The van der Waals surface area contributed by atoms with Crippen LogP contribution in [0.1, 0.15) is 12.0 Å². The third-order valence-electron chi connectivity index (χ3n) is 4.31. The van der Waals surface area contributed by atoms with Crippen LogP contribution >= 0.6 is 0 Å². The third kappa shape index (κ3) is 4.93. The molecule has 158 valence electrons. The molecule has 0 bridgehead atoms. The van der Waals surface area contributed by atoms with Crippen molar-refractivity contribution in [2.45, 2.75) is 29.9 Å². The fourth-order valence-corrected chi connectivity index (χ4v) is 4.10. The third-order valence-corrected chi connectivity index (χ3v) is 5.80. The van der Waals surface area contributed by atoms with Crippen LogP contribution in [0.25, 0.3) is 0 Å². The number of hydrogen-bond donors (Lipinski definition) is 4. The number of amides is 1. The van der Waals surface area contributed by atoms with Gasteiger partial charge in [0.2, 0.25) is 10.0 Å². The summed E-state index contributed by atoms with van der Waals surface area (Å²) in [5.74, 6) is -2.96. The molecule has 3 rings (SSSR count). The molecule has 4 N–H and O–H groups in total. The first-order chi connectivity index (χ1) is 14.2. The van der Waals surface area contributed by atoms with Crippen LogP contribution in [0.5, 0.6) is 5.75 Å². The van der Waals surface area contributed by atoms with Crippen molar-refractivity contribution >= 4 is 33.6 Å². The quantitative estimate of drug-likeness (QED) is 0.475. The first-order valence-corrected chi connectivity index (χ1v) is 10.3. The van der Waals surface area contributed by atoms with Crippen molar-refractivity contribution in [3.8, 4) is 5.75 Å². The van der Waals surface area contributed by atoms with E-state index in [-0.39, 0.29) is 22.8 Å². The number of carboxylic acids is 2. The Labute approximate surface area is 171 Å². The summed E-state index contributed by atoms with van der Waals surface area (Å²) in [6.45, 7) is 0. The maximum absolute atomic E-state index is 12.4. The summed E-state index contributed by atoms with van der Waals surface area (Å²) in [5, 5.41) is 20.8. The predicted molar refractivity (Wildman–Crippen MR) is 104 cm³/mol. The average Bonchev–Trinajstić information content (AvgIpc) is 2.68. The Morgan fingerprint density at radius 2 is 1.83 bits per heavy atom. The number of aliphatic carboxylic acids is 2. The molecular formula is C19H18N2O8S. The van der Waals surface area contributed by atoms with Gasteiger partial charge >= 0.3 is 11.9 Å². The number of carbonyl (C=O) groups excluding carboxylic acids is 1. The van der Waals surface area contributed by atoms with Crippen LogP contribution in [0.15, 0.2) is 53.4 Å². The van der Waals surface area contributed by atoms with Crippen molar-refractivity contribution in [3.05, 3.63) is 54.1 Å². The number of fused-ring (bicyclic) bond motifs is 1. The number of carbonyl (C=O) groups is 3. The topological polar surface area (TPSA) is 159 Å². The molecule has 0 fully saturated rings. The van der Waals surface area contributed by atoms with Gasteiger partial charge in [0.1, 0.15) is 11.8 Å². The monoisotopic (exact) mass is 434 g/mol. The van der Waals surface area contributed by atoms with Crippen LogP contribution in [-0.4, -0.2) is 48.6 Å². The van der Waals surface area contributed by atoms with Crippen molar-refractivity contribution in [1.82, 2.24) is 4.72 Å². The van der Waals surface area contributed by atoms with E-state index in [1.807, 2.05) is 0 Å². The van der Waals surface area contributed by atoms with Crippen LogP contribution in [0, 0.1) is 0 Å². The molecule has 1 amide bonds. The molecule has 0 saturated carbocycles. The molecule has 1 heterocycles. The van der Waals surface area contributed by atoms with Crippen LogP contribution in [0.3, 0.4) is 0 Å². The number of rotatable bonds is 8. The van der Waals surface area contributed by atoms with Crippen LogP contribution < -0.4 is 14.8 Å². The number of anilines is 1. The Morgan fingerprint density at radius 1 is 1.13 bits per heavy atom. The molecule has 2 atom stereocenters. The van der Waals surface area contributed by atoms with E-state index in [0.717, 1.165) is 0 Å². The van der Waals surface area contributed by atoms with Gasteiger partial charge in [-0.1, -0.05) is 24.3 Å². The Bertz CT molecular complexity index is 1080. The highest BCUT2D eigenvalue weighted by atomic mass is 32.2. The zero-order valence-electron chi connectivity index (χ0n) is 15.4. The highest BCUT2D eigenvalue weighted by Gasteiger charge is 2.31. The SMILES string of the molecule is O=C(O)CC1Oc2ccc(C[C@H](NS(=O)(=O)c3ccccc3)C(=O)O)cc2NC1=O. The molecule has 1 aliphatic rings. The zero-order valence-corrected chi connectivity index (χ0v) is 16.3. The van der Waals surface area contributed by atoms with Gasteiger partial charge in [-0.15, -0.1) is 0 Å². The average molecular weight is 434 g/mol. The van der Waals surface area contributed by atoms with Gasteiger partial charge in [-0.3, -0.25) is 14.4 Å². The second-order valence-corrected chi connectivity index (χ2v) is 8.27. The normalized spacial score (nSPS) is 16.7. The summed E-state index contributed by atoms with van der Waals surface area (Å²) in [5.41, 5.74) is 0.673. The molecule has 0 aliphatic carbocycles. The molecular weight excluding hydrogens is 416 g/mol. The summed E-state index contributed by atoms with van der Waals surface area (Å²) in [7, 11) is -4.05. The largest absolute Gasteiger partial charge is 0.481 e. The maximum atomic E-state index is 12.4. The number of benzene rings is 2. The lowest BCUT2D eigenvalue weighted by atomic mass is 10.0. The standard InChI is InChI=1S/C19H18N2O8S/c22-17(23)10-16-18(24)20-13-8-11(6-7-15(13)29-16)9-14(19(25)26)21-30(27,28)12-4-2-1-3-5-12/h1-8,14,16,21H,9-10H2,(H,20,24)(H,22,23)(H,25,26)/t14-,16?/m0/s1. The van der Waals surface area contributed by atoms with Gasteiger partial charge in [0, 0.05) is 0 Å². The van der Waals surface area contributed by atoms with Crippen LogP contribution in [0.2, 0.25) is 0 Å². The minimum Gasteiger partial charge on any atom is -0.481 e. The minimum absolute atomic E-state index is 0.0631. The number of ether oxygens (including phenoxy) is 1. The van der Waals surface area contributed by atoms with Gasteiger partial charge in [0.15, 0.2) is 6.10 Å². The van der Waals surface area contributed by atoms with E-state index in [9.17, 15) is 27.9 Å². The first kappa shape index (κ1) is 21.3. The number of hydrogen-bond acceptors (Lipinski definition) is 6. The van der Waals surface area contributed by atoms with E-state index in [1.165, 1.54) is 42.5 Å². The zero-order chi connectivity index (χ0) is 21.9. The van der Waals surface area contributed by atoms with E-state index < -0.39 is 46.4 Å². The van der Waals surface area contributed by atoms with Crippen molar-refractivity contribution in [2.75, 3.05) is 5.32 Å². The van der Waals surface area contributed by atoms with Gasteiger partial charge in [-0.05, 0) is 36.2 Å². The van der Waals surface area contributed by atoms with Crippen molar-refractivity contribution in [1.29, 1.82) is 0 Å². The van der Waals surface area contributed by atoms with Crippen molar-refractivity contribution in [3.63, 3.8) is 0 Å². The second-order valence-electron chi connectivity index (χ2n) is 6.55. The van der Waals surface area contributed by atoms with E-state index in [2.05, 4.69) is 10.0 Å². The molecule has 10 nitrogen and oxygen atoms in total. The molecule has 0 saturated heterocycles. The molecule has 0 spiro atoms. The lowest BCUT2D eigenvalue weighted by Gasteiger charge is -2.25. The molecule has 0 aromatic heterocycles. The summed E-state index contributed by atoms with van der Waals surface area (Å²) in [6.07, 6.45) is -1.87. The first-order valence-electron chi connectivity index (χ1n) is 8.78. The van der Waals surface area contributed by atoms with E-state index in [1.54, 1.807) is 6.07 Å². The van der Waals surface area contributed by atoms with E-state index >= 15 is 0 Å². The minimum atomic E-state index is -4.05. The number of carboxylic acid groups (broad SMARTS) is 2. The molecule has 1 aliphatic heterocycles. The lowest BCUT2D eigenvalue weighted by Crippen LogP contribution is -2.42. The highest BCUT2D eigenvalue weighted by Crippen LogP contribution is 2.31. The Morgan fingerprint density at radius 3 is 2.47 bits per heavy atom. The number of nitrogens with one attached hydrogen (secondary N) is 2. The molecule has 11 heteroatoms. The van der Waals surface area contributed by atoms with Crippen LogP contribution in [0.4, 0.5) is 5.69 Å². The summed E-state index contributed by atoms with van der Waals surface area (Å²) in [4.78, 5) is 34.4. The lowest BCUT2D eigenvalue weighted by molar-refractivity contribution is -0.142. The van der Waals surface area contributed by atoms with Crippen molar-refractivity contribution in [2.24, 2.45) is 0 Å². The second kappa shape index (κ2) is 8.51. The van der Waals surface area contributed by atoms with E-state index in [0.29, 0.717) is 5.56 Å². The molecule has 2 aromatic carbocycles. The highest BCUT2D eigenvalue weighted by molar-refractivity contribution is 7.89. The van der Waals surface area contributed by atoms with Crippen LogP contribution in [-0.2, 0) is 30.8 Å². The molecule has 2 aromatic rings. The van der Waals surface area contributed by atoms with Gasteiger partial charge < -0.3 is 20.3 Å². The smallest absolute Gasteiger partial charge is 0.322 e. The van der Waals surface area contributed by atoms with Crippen molar-refractivity contribution < 1.29 is 37.8 Å². The fourth-order valence-electron chi connectivity index (χ4n) is 2.89. The fraction of sp³-hybridized carbons (Fsp3) is 0.211. The molecule has 30 heavy (non-hydrogen) atoms. The molecule has 0 radical (unpaired) electrons. The maximum Gasteiger partial charge on any atom is 0.322 e. The Hall–Kier alpha value is -3.44. The summed E-state index contributed by atoms with van der Waals surface area (Å²) >= 11 is 0. The Kier molecular flexibility index (Phi) is 6.04. The van der Waals surface area contributed by atoms with E-state index in [4.69, 9.17) is 9.84 Å². The summed E-state index contributed by atoms with van der Waals surface area (Å²) < 4.78 is 32.4.